The van der Waals surface area contributed by atoms with Crippen LogP contribution in [0.5, 0.6) is 11.5 Å². The molecule has 0 saturated carbocycles. The Balaban J connectivity index is 2.37. The van der Waals surface area contributed by atoms with Crippen LogP contribution in [-0.2, 0) is 24.0 Å². The number of aryl methyl sites for hydroxylation is 3. The molecule has 0 aromatic heterocycles. The van der Waals surface area contributed by atoms with E-state index in [0.29, 0.717) is 23.3 Å². The van der Waals surface area contributed by atoms with Crippen LogP contribution in [0, 0.1) is 13.8 Å². The van der Waals surface area contributed by atoms with E-state index in [1.54, 1.807) is 39.0 Å². The molecule has 0 aliphatic carbocycles. The molecule has 0 aliphatic rings. The van der Waals surface area contributed by atoms with E-state index in [-0.39, 0.29) is 18.8 Å². The number of ether oxygens (including phenoxy) is 2. The lowest BCUT2D eigenvalue weighted by molar-refractivity contribution is -0.139. The van der Waals surface area contributed by atoms with Gasteiger partial charge in [0.25, 0.3) is 0 Å². The minimum Gasteiger partial charge on any atom is -0.488 e. The molecular weight excluding hydrogens is 357 g/mol. The van der Waals surface area contributed by atoms with Gasteiger partial charge >= 0.3 is 12.1 Å². The third kappa shape index (κ3) is 5.02. The Morgan fingerprint density at radius 1 is 1.04 bits per heavy atom. The van der Waals surface area contributed by atoms with Crippen molar-refractivity contribution in [2.75, 3.05) is 0 Å². The first-order valence-corrected chi connectivity index (χ1v) is 8.80. The van der Waals surface area contributed by atoms with Crippen molar-refractivity contribution in [3.8, 4) is 11.5 Å². The molecule has 2 aromatic carbocycles. The summed E-state index contributed by atoms with van der Waals surface area (Å²) in [6.07, 6.45) is -3.82. The second-order valence-corrected chi connectivity index (χ2v) is 6.29. The average molecular weight is 380 g/mol. The molecule has 2 aromatic rings. The average Bonchev–Trinajstić information content (AvgIpc) is 2.60. The van der Waals surface area contributed by atoms with E-state index in [1.165, 1.54) is 6.07 Å². The number of hydrogen-bond donors (Lipinski definition) is 0. The molecule has 146 valence electrons. The second kappa shape index (κ2) is 8.46. The number of carbonyl (C=O) groups excluding carboxylic acids is 1. The predicted octanol–water partition coefficient (Wildman–Crippen LogP) is 5.78. The van der Waals surface area contributed by atoms with Gasteiger partial charge in [0.1, 0.15) is 18.1 Å². The zero-order chi connectivity index (χ0) is 20.2. The number of alkyl halides is 3. The fraction of sp³-hybridized carbons (Fsp3) is 0.381. The molecule has 0 unspecified atom stereocenters. The van der Waals surface area contributed by atoms with Crippen LogP contribution in [0.15, 0.2) is 30.3 Å². The quantitative estimate of drug-likeness (QED) is 0.471. The Labute approximate surface area is 157 Å². The molecule has 0 atom stereocenters. The van der Waals surface area contributed by atoms with E-state index < -0.39 is 17.7 Å². The fourth-order valence-electron chi connectivity index (χ4n) is 2.75. The molecule has 6 heteroatoms. The SMILES string of the molecule is CCC(=O)Oc1cccc(C)c1COc1cc(C)c(CC)cc1C(F)(F)F. The molecule has 3 nitrogen and oxygen atoms in total. The van der Waals surface area contributed by atoms with Crippen LogP contribution >= 0.6 is 0 Å². The van der Waals surface area contributed by atoms with Gasteiger partial charge in [-0.3, -0.25) is 4.79 Å². The Bertz CT molecular complexity index is 826. The van der Waals surface area contributed by atoms with Crippen LogP contribution in [0.3, 0.4) is 0 Å². The number of rotatable bonds is 6. The number of esters is 1. The van der Waals surface area contributed by atoms with E-state index in [2.05, 4.69) is 0 Å². The highest BCUT2D eigenvalue weighted by atomic mass is 19.4. The molecule has 0 saturated heterocycles. The summed E-state index contributed by atoms with van der Waals surface area (Å²) in [6, 6.07) is 7.67. The third-order valence-corrected chi connectivity index (χ3v) is 4.38. The standard InChI is InChI=1S/C21H23F3O3/c1-5-15-11-17(21(22,23)24)19(10-14(15)4)26-12-16-13(3)8-7-9-18(16)27-20(25)6-2/h7-11H,5-6,12H2,1-4H3. The zero-order valence-electron chi connectivity index (χ0n) is 15.9. The smallest absolute Gasteiger partial charge is 0.419 e. The van der Waals surface area contributed by atoms with Gasteiger partial charge in [-0.25, -0.2) is 0 Å². The second-order valence-electron chi connectivity index (χ2n) is 6.29. The summed E-state index contributed by atoms with van der Waals surface area (Å²) in [4.78, 5) is 11.6. The molecule has 0 spiro atoms. The molecule has 0 aliphatic heterocycles. The molecule has 2 rings (SSSR count). The molecule has 0 bridgehead atoms. The van der Waals surface area contributed by atoms with Crippen molar-refractivity contribution in [2.24, 2.45) is 0 Å². The number of hydrogen-bond acceptors (Lipinski definition) is 3. The highest BCUT2D eigenvalue weighted by Gasteiger charge is 2.35. The van der Waals surface area contributed by atoms with Gasteiger partial charge in [0.2, 0.25) is 0 Å². The molecule has 0 amide bonds. The Hall–Kier alpha value is -2.50. The highest BCUT2D eigenvalue weighted by Crippen LogP contribution is 2.39. The summed E-state index contributed by atoms with van der Waals surface area (Å²) in [5.74, 6) is -0.341. The van der Waals surface area contributed by atoms with Gasteiger partial charge in [0.05, 0.1) is 5.56 Å². The summed E-state index contributed by atoms with van der Waals surface area (Å²) in [7, 11) is 0. The van der Waals surface area contributed by atoms with Gasteiger partial charge in [0.15, 0.2) is 0 Å². The van der Waals surface area contributed by atoms with E-state index in [1.807, 2.05) is 6.92 Å². The predicted molar refractivity (Wildman–Crippen MR) is 97.0 cm³/mol. The number of carbonyl (C=O) groups is 1. The highest BCUT2D eigenvalue weighted by molar-refractivity contribution is 5.72. The van der Waals surface area contributed by atoms with Gasteiger partial charge in [-0.05, 0) is 55.2 Å². The van der Waals surface area contributed by atoms with Crippen LogP contribution in [0.2, 0.25) is 0 Å². The lowest BCUT2D eigenvalue weighted by Crippen LogP contribution is -2.12. The maximum atomic E-state index is 13.4. The summed E-state index contributed by atoms with van der Waals surface area (Å²) in [5.41, 5.74) is 1.88. The van der Waals surface area contributed by atoms with E-state index in [9.17, 15) is 18.0 Å². The molecule has 0 N–H and O–H groups in total. The van der Waals surface area contributed by atoms with Crippen molar-refractivity contribution in [1.82, 2.24) is 0 Å². The van der Waals surface area contributed by atoms with Gasteiger partial charge < -0.3 is 9.47 Å². The Kier molecular flexibility index (Phi) is 6.52. The monoisotopic (exact) mass is 380 g/mol. The summed E-state index contributed by atoms with van der Waals surface area (Å²) < 4.78 is 51.2. The lowest BCUT2D eigenvalue weighted by atomic mass is 10.0. The van der Waals surface area contributed by atoms with Gasteiger partial charge in [-0.15, -0.1) is 0 Å². The van der Waals surface area contributed by atoms with Crippen molar-refractivity contribution in [1.29, 1.82) is 0 Å². The molecular formula is C21H23F3O3. The summed E-state index contributed by atoms with van der Waals surface area (Å²) >= 11 is 0. The van der Waals surface area contributed by atoms with Gasteiger partial charge in [0, 0.05) is 12.0 Å². The van der Waals surface area contributed by atoms with Crippen LogP contribution in [0.1, 0.15) is 48.1 Å². The maximum absolute atomic E-state index is 13.4. The lowest BCUT2D eigenvalue weighted by Gasteiger charge is -2.18. The van der Waals surface area contributed by atoms with Crippen molar-refractivity contribution < 1.29 is 27.4 Å². The van der Waals surface area contributed by atoms with E-state index in [0.717, 1.165) is 17.2 Å². The first-order chi connectivity index (χ1) is 12.7. The van der Waals surface area contributed by atoms with Crippen LogP contribution in [0.4, 0.5) is 13.2 Å². The Morgan fingerprint density at radius 3 is 2.33 bits per heavy atom. The number of halogens is 3. The third-order valence-electron chi connectivity index (χ3n) is 4.38. The topological polar surface area (TPSA) is 35.5 Å². The minimum absolute atomic E-state index is 0.132. The molecule has 0 heterocycles. The summed E-state index contributed by atoms with van der Waals surface area (Å²) in [5, 5.41) is 0. The maximum Gasteiger partial charge on any atom is 0.419 e. The first-order valence-electron chi connectivity index (χ1n) is 8.80. The fourth-order valence-corrected chi connectivity index (χ4v) is 2.75. The van der Waals surface area contributed by atoms with Crippen molar-refractivity contribution in [2.45, 2.75) is 53.3 Å². The largest absolute Gasteiger partial charge is 0.488 e. The van der Waals surface area contributed by atoms with E-state index >= 15 is 0 Å². The van der Waals surface area contributed by atoms with Crippen LogP contribution in [0.25, 0.3) is 0 Å². The Morgan fingerprint density at radius 2 is 1.74 bits per heavy atom. The summed E-state index contributed by atoms with van der Waals surface area (Å²) in [6.45, 7) is 6.89. The van der Waals surface area contributed by atoms with Crippen molar-refractivity contribution in [3.63, 3.8) is 0 Å². The molecule has 0 fully saturated rings. The van der Waals surface area contributed by atoms with Crippen LogP contribution < -0.4 is 9.47 Å². The van der Waals surface area contributed by atoms with Crippen molar-refractivity contribution >= 4 is 5.97 Å². The molecule has 27 heavy (non-hydrogen) atoms. The van der Waals surface area contributed by atoms with Gasteiger partial charge in [-0.1, -0.05) is 26.0 Å². The van der Waals surface area contributed by atoms with Crippen molar-refractivity contribution in [3.05, 3.63) is 58.1 Å². The van der Waals surface area contributed by atoms with E-state index in [4.69, 9.17) is 9.47 Å². The first kappa shape index (κ1) is 20.8. The normalized spacial score (nSPS) is 11.4. The number of benzene rings is 2. The van der Waals surface area contributed by atoms with Gasteiger partial charge in [-0.2, -0.15) is 13.2 Å². The van der Waals surface area contributed by atoms with Crippen LogP contribution in [-0.4, -0.2) is 5.97 Å². The molecule has 0 radical (unpaired) electrons. The zero-order valence-corrected chi connectivity index (χ0v) is 15.9. The minimum atomic E-state index is -4.52.